The van der Waals surface area contributed by atoms with Gasteiger partial charge >= 0.3 is 5.97 Å². The molecule has 0 saturated carbocycles. The fourth-order valence-corrected chi connectivity index (χ4v) is 5.01. The monoisotopic (exact) mass is 515 g/mol. The van der Waals surface area contributed by atoms with Crippen molar-refractivity contribution in [3.8, 4) is 0 Å². The van der Waals surface area contributed by atoms with Gasteiger partial charge in [0.05, 0.1) is 22.3 Å². The smallest absolute Gasteiger partial charge is 0.339 e. The molecule has 7 nitrogen and oxygen atoms in total. The number of nitrogens with one attached hydrogen (secondary N) is 2. The highest BCUT2D eigenvalue weighted by molar-refractivity contribution is 7.10. The van der Waals surface area contributed by atoms with Crippen molar-refractivity contribution in [2.75, 3.05) is 6.61 Å². The van der Waals surface area contributed by atoms with Gasteiger partial charge in [0.15, 0.2) is 6.61 Å². The van der Waals surface area contributed by atoms with Gasteiger partial charge in [0.2, 0.25) is 0 Å². The second-order valence-electron chi connectivity index (χ2n) is 8.43. The van der Waals surface area contributed by atoms with Gasteiger partial charge in [-0.05, 0) is 66.1 Å². The Bertz CT molecular complexity index is 1530. The summed E-state index contributed by atoms with van der Waals surface area (Å²) in [6, 6.07) is 16.7. The quantitative estimate of drug-likeness (QED) is 0.290. The zero-order valence-corrected chi connectivity index (χ0v) is 20.4. The number of halogens is 1. The lowest BCUT2D eigenvalue weighted by atomic mass is 9.86. The first-order valence-corrected chi connectivity index (χ1v) is 12.6. The van der Waals surface area contributed by atoms with E-state index in [0.29, 0.717) is 22.9 Å². The second-order valence-corrected chi connectivity index (χ2v) is 9.41. The number of ether oxygens (including phenoxy) is 1. The molecule has 2 aromatic carbocycles. The van der Waals surface area contributed by atoms with Gasteiger partial charge in [-0.2, -0.15) is 0 Å². The summed E-state index contributed by atoms with van der Waals surface area (Å²) in [5.74, 6) is -2.95. The molecule has 0 aliphatic heterocycles. The Morgan fingerprint density at radius 1 is 1.00 bits per heavy atom. The number of carbonyl (C=O) groups excluding carboxylic acids is 3. The molecule has 5 rings (SSSR count). The minimum Gasteiger partial charge on any atom is -0.452 e. The Hall–Kier alpha value is -4.37. The van der Waals surface area contributed by atoms with Crippen molar-refractivity contribution in [3.05, 3.63) is 99.1 Å². The number of hydrogen-bond acceptors (Lipinski definition) is 6. The highest BCUT2D eigenvalue weighted by Gasteiger charge is 2.26. The first kappa shape index (κ1) is 24.3. The van der Waals surface area contributed by atoms with Crippen LogP contribution >= 0.6 is 11.3 Å². The molecular weight excluding hydrogens is 493 g/mol. The third kappa shape index (κ3) is 5.26. The first-order valence-electron chi connectivity index (χ1n) is 11.7. The molecule has 1 aliphatic rings. The number of hydrogen-bond donors (Lipinski definition) is 2. The number of fused-ring (bicyclic) bond motifs is 2. The van der Waals surface area contributed by atoms with Crippen molar-refractivity contribution in [1.29, 1.82) is 0 Å². The number of nitrogens with zero attached hydrogens (tertiary/aromatic N) is 1. The summed E-state index contributed by atoms with van der Waals surface area (Å²) in [6.45, 7) is -0.625. The Labute approximate surface area is 216 Å². The van der Waals surface area contributed by atoms with Crippen molar-refractivity contribution in [3.63, 3.8) is 0 Å². The number of benzene rings is 2. The molecule has 0 fully saturated rings. The first-order chi connectivity index (χ1) is 18.0. The number of allylic oxidation sites excluding steroid dienone is 1. The van der Waals surface area contributed by atoms with Crippen LogP contribution in [0.15, 0.2) is 66.0 Å². The van der Waals surface area contributed by atoms with E-state index in [1.54, 1.807) is 11.3 Å². The highest BCUT2D eigenvalue weighted by Crippen LogP contribution is 2.36. The van der Waals surface area contributed by atoms with Gasteiger partial charge in [0.25, 0.3) is 11.8 Å². The Kier molecular flexibility index (Phi) is 7.04. The topological polar surface area (TPSA) is 97.4 Å². The summed E-state index contributed by atoms with van der Waals surface area (Å²) < 4.78 is 19.1. The van der Waals surface area contributed by atoms with Crippen LogP contribution in [0.25, 0.3) is 22.6 Å². The SMILES string of the molecule is O=C(COC(=O)c1c2c(nc3ccccc13)/C(=C\c1cccs1)CCC2)NNC(=O)c1ccccc1F. The zero-order chi connectivity index (χ0) is 25.8. The molecular formula is C28H22FN3O4S. The van der Waals surface area contributed by atoms with Crippen LogP contribution in [0.5, 0.6) is 0 Å². The average Bonchev–Trinajstić information content (AvgIpc) is 3.43. The number of para-hydroxylation sites is 1. The number of carbonyl (C=O) groups is 3. The molecule has 0 saturated heterocycles. The number of hydrazine groups is 1. The summed E-state index contributed by atoms with van der Waals surface area (Å²) >= 11 is 1.63. The maximum Gasteiger partial charge on any atom is 0.339 e. The van der Waals surface area contributed by atoms with Crippen molar-refractivity contribution >= 4 is 51.7 Å². The van der Waals surface area contributed by atoms with E-state index in [4.69, 9.17) is 9.72 Å². The van der Waals surface area contributed by atoms with Crippen LogP contribution in [0, 0.1) is 5.82 Å². The van der Waals surface area contributed by atoms with E-state index in [-0.39, 0.29) is 5.56 Å². The van der Waals surface area contributed by atoms with E-state index in [0.717, 1.165) is 40.6 Å². The predicted octanol–water partition coefficient (Wildman–Crippen LogP) is 4.93. The summed E-state index contributed by atoms with van der Waals surface area (Å²) in [6.07, 6.45) is 4.46. The molecule has 0 bridgehead atoms. The minimum atomic E-state index is -0.822. The Balaban J connectivity index is 1.35. The Morgan fingerprint density at radius 3 is 2.62 bits per heavy atom. The molecule has 2 heterocycles. The van der Waals surface area contributed by atoms with E-state index >= 15 is 0 Å². The van der Waals surface area contributed by atoms with Crippen LogP contribution in [-0.2, 0) is 16.0 Å². The molecule has 0 atom stereocenters. The van der Waals surface area contributed by atoms with E-state index in [9.17, 15) is 18.8 Å². The molecule has 2 aromatic heterocycles. The summed E-state index contributed by atoms with van der Waals surface area (Å²) in [5, 5.41) is 2.66. The molecule has 186 valence electrons. The number of aromatic nitrogens is 1. The highest BCUT2D eigenvalue weighted by atomic mass is 32.1. The van der Waals surface area contributed by atoms with Crippen molar-refractivity contribution in [2.45, 2.75) is 19.3 Å². The Morgan fingerprint density at radius 2 is 1.81 bits per heavy atom. The van der Waals surface area contributed by atoms with Gasteiger partial charge in [-0.1, -0.05) is 36.4 Å². The molecule has 0 spiro atoms. The third-order valence-electron chi connectivity index (χ3n) is 6.00. The molecule has 37 heavy (non-hydrogen) atoms. The van der Waals surface area contributed by atoms with Gasteiger partial charge < -0.3 is 4.74 Å². The maximum atomic E-state index is 13.8. The van der Waals surface area contributed by atoms with Gasteiger partial charge in [0, 0.05) is 10.3 Å². The van der Waals surface area contributed by atoms with Gasteiger partial charge in [0.1, 0.15) is 5.82 Å². The molecule has 0 unspecified atom stereocenters. The lowest BCUT2D eigenvalue weighted by Gasteiger charge is -2.22. The summed E-state index contributed by atoms with van der Waals surface area (Å²) in [5.41, 5.74) is 7.72. The van der Waals surface area contributed by atoms with Crippen LogP contribution in [-0.4, -0.2) is 29.4 Å². The molecule has 1 aliphatic carbocycles. The minimum absolute atomic E-state index is 0.221. The number of amides is 2. The number of pyridine rings is 1. The van der Waals surface area contributed by atoms with Crippen LogP contribution in [0.2, 0.25) is 0 Å². The normalized spacial score (nSPS) is 13.7. The summed E-state index contributed by atoms with van der Waals surface area (Å²) in [4.78, 5) is 43.6. The number of rotatable bonds is 5. The van der Waals surface area contributed by atoms with Crippen molar-refractivity contribution in [2.24, 2.45) is 0 Å². The van der Waals surface area contributed by atoms with Gasteiger partial charge in [-0.3, -0.25) is 20.4 Å². The molecule has 2 amide bonds. The van der Waals surface area contributed by atoms with Crippen LogP contribution in [0.1, 0.15) is 49.7 Å². The summed E-state index contributed by atoms with van der Waals surface area (Å²) in [7, 11) is 0. The van der Waals surface area contributed by atoms with Crippen LogP contribution < -0.4 is 10.9 Å². The number of esters is 1. The maximum absolute atomic E-state index is 13.8. The standard InChI is InChI=1S/C28H22FN3O4S/c29-22-12-3-1-9-19(22)27(34)32-31-24(33)16-36-28(35)25-20-10-2-4-13-23(20)30-26-17(7-5-11-21(25)26)15-18-8-6-14-37-18/h1-4,6,8-10,12-15H,5,7,11,16H2,(H,31,33)(H,32,34)/b17-15-. The van der Waals surface area contributed by atoms with Gasteiger partial charge in [-0.25, -0.2) is 14.2 Å². The van der Waals surface area contributed by atoms with Crippen molar-refractivity contribution in [1.82, 2.24) is 15.8 Å². The van der Waals surface area contributed by atoms with E-state index in [1.165, 1.54) is 18.2 Å². The number of thiophene rings is 1. The lowest BCUT2D eigenvalue weighted by Crippen LogP contribution is -2.43. The lowest BCUT2D eigenvalue weighted by molar-refractivity contribution is -0.125. The molecule has 0 radical (unpaired) electrons. The molecule has 9 heteroatoms. The van der Waals surface area contributed by atoms with Crippen molar-refractivity contribution < 1.29 is 23.5 Å². The molecule has 2 N–H and O–H groups in total. The third-order valence-corrected chi connectivity index (χ3v) is 6.82. The fourth-order valence-electron chi connectivity index (χ4n) is 4.33. The van der Waals surface area contributed by atoms with Crippen LogP contribution in [0.3, 0.4) is 0 Å². The van der Waals surface area contributed by atoms with Gasteiger partial charge in [-0.15, -0.1) is 11.3 Å². The second kappa shape index (κ2) is 10.7. The average molecular weight is 516 g/mol. The predicted molar refractivity (Wildman–Crippen MR) is 139 cm³/mol. The zero-order valence-electron chi connectivity index (χ0n) is 19.6. The van der Waals surface area contributed by atoms with E-state index in [2.05, 4.69) is 16.9 Å². The fraction of sp³-hybridized carbons (Fsp3) is 0.143. The van der Waals surface area contributed by atoms with E-state index < -0.39 is 30.2 Å². The van der Waals surface area contributed by atoms with Crippen LogP contribution in [0.4, 0.5) is 4.39 Å². The molecule has 4 aromatic rings. The largest absolute Gasteiger partial charge is 0.452 e. The van der Waals surface area contributed by atoms with E-state index in [1.807, 2.05) is 41.8 Å².